The van der Waals surface area contributed by atoms with Crippen LogP contribution in [0, 0.1) is 17.0 Å². The Labute approximate surface area is 117 Å². The van der Waals surface area contributed by atoms with Crippen LogP contribution in [0.3, 0.4) is 0 Å². The van der Waals surface area contributed by atoms with Crippen molar-refractivity contribution in [1.82, 2.24) is 9.62 Å². The van der Waals surface area contributed by atoms with Gasteiger partial charge in [-0.1, -0.05) is 13.0 Å². The van der Waals surface area contributed by atoms with Gasteiger partial charge in [0.05, 0.1) is 9.82 Å². The number of hydrogen-bond acceptors (Lipinski definition) is 5. The molecule has 2 rings (SSSR count). The lowest BCUT2D eigenvalue weighted by molar-refractivity contribution is -0.385. The van der Waals surface area contributed by atoms with Gasteiger partial charge in [-0.25, -0.2) is 8.42 Å². The van der Waals surface area contributed by atoms with E-state index in [0.717, 1.165) is 6.07 Å². The minimum Gasteiger partial charge on any atom is -0.313 e. The van der Waals surface area contributed by atoms with E-state index in [1.807, 2.05) is 0 Å². The lowest BCUT2D eigenvalue weighted by Gasteiger charge is -2.36. The summed E-state index contributed by atoms with van der Waals surface area (Å²) in [7, 11) is -3.70. The smallest absolute Gasteiger partial charge is 0.273 e. The van der Waals surface area contributed by atoms with Crippen LogP contribution in [-0.2, 0) is 10.0 Å². The summed E-state index contributed by atoms with van der Waals surface area (Å²) in [5.41, 5.74) is 0.274. The van der Waals surface area contributed by atoms with E-state index in [4.69, 9.17) is 0 Å². The topological polar surface area (TPSA) is 92.6 Å². The molecule has 1 aliphatic rings. The average molecular weight is 299 g/mol. The first kappa shape index (κ1) is 14.9. The number of nitro groups is 1. The highest BCUT2D eigenvalue weighted by molar-refractivity contribution is 7.89. The molecule has 1 fully saturated rings. The highest BCUT2D eigenvalue weighted by atomic mass is 32.2. The molecule has 0 radical (unpaired) electrons. The van der Waals surface area contributed by atoms with Crippen molar-refractivity contribution < 1.29 is 13.3 Å². The normalized spacial score (nSPS) is 16.1. The van der Waals surface area contributed by atoms with Gasteiger partial charge in [0, 0.05) is 37.3 Å². The van der Waals surface area contributed by atoms with Crippen LogP contribution in [0.25, 0.3) is 0 Å². The summed E-state index contributed by atoms with van der Waals surface area (Å²) in [6.45, 7) is 4.92. The van der Waals surface area contributed by atoms with E-state index in [1.165, 1.54) is 16.4 Å². The number of likely N-dealkylation sites (N-methyl/N-ethyl adjacent to an activating group) is 1. The number of nitrogens with zero attached hydrogens (tertiary/aromatic N) is 2. The maximum absolute atomic E-state index is 12.6. The fourth-order valence-corrected chi connectivity index (χ4v) is 3.84. The lowest BCUT2D eigenvalue weighted by Crippen LogP contribution is -2.58. The largest absolute Gasteiger partial charge is 0.313 e. The molecule has 0 bridgehead atoms. The van der Waals surface area contributed by atoms with Gasteiger partial charge in [0.25, 0.3) is 5.69 Å². The molecule has 8 heteroatoms. The molecule has 1 aromatic carbocycles. The van der Waals surface area contributed by atoms with Crippen molar-refractivity contribution in [1.29, 1.82) is 0 Å². The number of aryl methyl sites for hydroxylation is 1. The van der Waals surface area contributed by atoms with Crippen molar-refractivity contribution in [3.05, 3.63) is 33.9 Å². The minimum absolute atomic E-state index is 0.0245. The lowest BCUT2D eigenvalue weighted by atomic mass is 10.2. The van der Waals surface area contributed by atoms with Crippen molar-refractivity contribution in [3.8, 4) is 0 Å². The molecule has 110 valence electrons. The third kappa shape index (κ3) is 2.54. The van der Waals surface area contributed by atoms with Crippen molar-refractivity contribution in [2.24, 2.45) is 0 Å². The summed E-state index contributed by atoms with van der Waals surface area (Å²) in [5, 5.41) is 14.0. The second kappa shape index (κ2) is 5.47. The maximum Gasteiger partial charge on any atom is 0.273 e. The number of nitrogens with one attached hydrogen (secondary N) is 1. The zero-order valence-corrected chi connectivity index (χ0v) is 12.2. The summed E-state index contributed by atoms with van der Waals surface area (Å²) < 4.78 is 26.5. The SMILES string of the molecule is CCN(C1CNC1)S(=O)(=O)c1ccc(C)c([N+](=O)[O-])c1. The van der Waals surface area contributed by atoms with Crippen molar-refractivity contribution >= 4 is 15.7 Å². The molecule has 1 aliphatic heterocycles. The van der Waals surface area contributed by atoms with Gasteiger partial charge in [-0.2, -0.15) is 4.31 Å². The molecule has 0 atom stereocenters. The van der Waals surface area contributed by atoms with Gasteiger partial charge >= 0.3 is 0 Å². The Morgan fingerprint density at radius 1 is 1.45 bits per heavy atom. The van der Waals surface area contributed by atoms with Gasteiger partial charge in [0.2, 0.25) is 10.0 Å². The fourth-order valence-electron chi connectivity index (χ4n) is 2.18. The van der Waals surface area contributed by atoms with E-state index in [9.17, 15) is 18.5 Å². The summed E-state index contributed by atoms with van der Waals surface area (Å²) in [6.07, 6.45) is 0. The number of nitro benzene ring substituents is 1. The van der Waals surface area contributed by atoms with E-state index in [-0.39, 0.29) is 16.6 Å². The van der Waals surface area contributed by atoms with E-state index in [2.05, 4.69) is 5.32 Å². The summed E-state index contributed by atoms with van der Waals surface area (Å²) in [5.74, 6) is 0. The molecule has 7 nitrogen and oxygen atoms in total. The first-order chi connectivity index (χ1) is 9.37. The van der Waals surface area contributed by atoms with Gasteiger partial charge < -0.3 is 5.32 Å². The first-order valence-corrected chi connectivity index (χ1v) is 7.79. The Balaban J connectivity index is 2.43. The van der Waals surface area contributed by atoms with Gasteiger partial charge in [0.1, 0.15) is 0 Å². The van der Waals surface area contributed by atoms with Crippen LogP contribution in [0.15, 0.2) is 23.1 Å². The van der Waals surface area contributed by atoms with Gasteiger partial charge in [-0.05, 0) is 13.0 Å². The molecule has 0 aliphatic carbocycles. The second-order valence-electron chi connectivity index (χ2n) is 4.73. The zero-order valence-electron chi connectivity index (χ0n) is 11.4. The molecule has 1 saturated heterocycles. The van der Waals surface area contributed by atoms with Crippen LogP contribution in [0.2, 0.25) is 0 Å². The average Bonchev–Trinajstić information content (AvgIpc) is 2.33. The number of rotatable bonds is 5. The van der Waals surface area contributed by atoms with E-state index >= 15 is 0 Å². The predicted molar refractivity (Wildman–Crippen MR) is 74.1 cm³/mol. The van der Waals surface area contributed by atoms with Crippen molar-refractivity contribution in [2.75, 3.05) is 19.6 Å². The Bertz CT molecular complexity index is 626. The summed E-state index contributed by atoms with van der Waals surface area (Å²) in [6, 6.07) is 3.95. The molecule has 0 saturated carbocycles. The third-order valence-corrected chi connectivity index (χ3v) is 5.49. The molecular weight excluding hydrogens is 282 g/mol. The Hall–Kier alpha value is -1.51. The predicted octanol–water partition coefficient (Wildman–Crippen LogP) is 0.886. The van der Waals surface area contributed by atoms with E-state index < -0.39 is 14.9 Å². The standard InChI is InChI=1S/C12H17N3O4S/c1-3-14(10-7-13-8-10)20(18,19)11-5-4-9(2)12(6-11)15(16)17/h4-6,10,13H,3,7-8H2,1-2H3. The highest BCUT2D eigenvalue weighted by Gasteiger charge is 2.34. The van der Waals surface area contributed by atoms with Gasteiger partial charge in [0.15, 0.2) is 0 Å². The van der Waals surface area contributed by atoms with Crippen LogP contribution >= 0.6 is 0 Å². The Morgan fingerprint density at radius 3 is 2.55 bits per heavy atom. The Kier molecular flexibility index (Phi) is 4.07. The molecule has 0 unspecified atom stereocenters. The fraction of sp³-hybridized carbons (Fsp3) is 0.500. The minimum atomic E-state index is -3.70. The molecule has 0 spiro atoms. The van der Waals surface area contributed by atoms with Gasteiger partial charge in [-0.3, -0.25) is 10.1 Å². The Morgan fingerprint density at radius 2 is 2.10 bits per heavy atom. The van der Waals surface area contributed by atoms with Crippen LogP contribution in [0.1, 0.15) is 12.5 Å². The molecule has 1 heterocycles. The molecule has 1 N–H and O–H groups in total. The van der Waals surface area contributed by atoms with Gasteiger partial charge in [-0.15, -0.1) is 0 Å². The second-order valence-corrected chi connectivity index (χ2v) is 6.62. The summed E-state index contributed by atoms with van der Waals surface area (Å²) >= 11 is 0. The molecule has 20 heavy (non-hydrogen) atoms. The molecule has 0 aromatic heterocycles. The van der Waals surface area contributed by atoms with Crippen LogP contribution in [0.5, 0.6) is 0 Å². The zero-order chi connectivity index (χ0) is 14.9. The molecule has 1 aromatic rings. The monoisotopic (exact) mass is 299 g/mol. The van der Waals surface area contributed by atoms with Crippen LogP contribution in [-0.4, -0.2) is 43.3 Å². The van der Waals surface area contributed by atoms with E-state index in [1.54, 1.807) is 13.8 Å². The number of benzene rings is 1. The van der Waals surface area contributed by atoms with Crippen LogP contribution in [0.4, 0.5) is 5.69 Å². The van der Waals surface area contributed by atoms with E-state index in [0.29, 0.717) is 25.2 Å². The van der Waals surface area contributed by atoms with Crippen LogP contribution < -0.4 is 5.32 Å². The summed E-state index contributed by atoms with van der Waals surface area (Å²) in [4.78, 5) is 10.3. The van der Waals surface area contributed by atoms with Crippen molar-refractivity contribution in [2.45, 2.75) is 24.8 Å². The quantitative estimate of drug-likeness (QED) is 0.643. The molecular formula is C12H17N3O4S. The van der Waals surface area contributed by atoms with Crippen molar-refractivity contribution in [3.63, 3.8) is 0 Å². The number of hydrogen-bond donors (Lipinski definition) is 1. The first-order valence-electron chi connectivity index (χ1n) is 6.35. The highest BCUT2D eigenvalue weighted by Crippen LogP contribution is 2.26. The third-order valence-electron chi connectivity index (χ3n) is 3.46. The molecule has 0 amide bonds. The maximum atomic E-state index is 12.6. The number of sulfonamides is 1.